The zero-order valence-corrected chi connectivity index (χ0v) is 51.8. The Morgan fingerprint density at radius 2 is 0.539 bits per heavy atom. The van der Waals surface area contributed by atoms with Crippen LogP contribution in [0.5, 0.6) is 0 Å². The molecule has 6 heteroatoms. The van der Waals surface area contributed by atoms with Gasteiger partial charge in [-0.25, -0.2) is 0 Å². The molecule has 0 bridgehead atoms. The number of unbranched alkanes of at least 4 members (excludes halogenated alkanes) is 55. The first kappa shape index (κ1) is 75.0. The van der Waals surface area contributed by atoms with Crippen LogP contribution in [0.3, 0.4) is 0 Å². The molecular formula is C70H139NO5. The highest BCUT2D eigenvalue weighted by Crippen LogP contribution is 2.20. The summed E-state index contributed by atoms with van der Waals surface area (Å²) in [5.74, 6) is -0.584. The minimum absolute atomic E-state index is 0.369. The largest absolute Gasteiger partial charge is 0.394 e. The lowest BCUT2D eigenvalue weighted by atomic mass is 10.00. The van der Waals surface area contributed by atoms with Crippen molar-refractivity contribution in [1.29, 1.82) is 0 Å². The van der Waals surface area contributed by atoms with E-state index in [1.165, 1.54) is 334 Å². The van der Waals surface area contributed by atoms with Gasteiger partial charge in [0, 0.05) is 0 Å². The Morgan fingerprint density at radius 3 is 0.789 bits per heavy atom. The molecule has 0 fully saturated rings. The minimum Gasteiger partial charge on any atom is -0.394 e. The van der Waals surface area contributed by atoms with Crippen LogP contribution in [0.25, 0.3) is 0 Å². The van der Waals surface area contributed by atoms with Gasteiger partial charge in [-0.1, -0.05) is 373 Å². The van der Waals surface area contributed by atoms with Crippen LogP contribution in [0.15, 0.2) is 12.2 Å². The van der Waals surface area contributed by atoms with Crippen molar-refractivity contribution in [2.24, 2.45) is 0 Å². The van der Waals surface area contributed by atoms with Gasteiger partial charge < -0.3 is 25.7 Å². The Bertz CT molecular complexity index is 1120. The van der Waals surface area contributed by atoms with Gasteiger partial charge in [0.1, 0.15) is 12.2 Å². The molecule has 0 aromatic carbocycles. The summed E-state index contributed by atoms with van der Waals surface area (Å²) >= 11 is 0. The second kappa shape index (κ2) is 64.9. The summed E-state index contributed by atoms with van der Waals surface area (Å²) in [6.45, 7) is 4.11. The van der Waals surface area contributed by atoms with Crippen LogP contribution in [0.1, 0.15) is 399 Å². The summed E-state index contributed by atoms with van der Waals surface area (Å²) in [4.78, 5) is 12.7. The lowest BCUT2D eigenvalue weighted by Crippen LogP contribution is -2.53. The number of allylic oxidation sites excluding steroid dienone is 2. The zero-order valence-electron chi connectivity index (χ0n) is 51.8. The number of carbonyl (C=O) groups is 1. The van der Waals surface area contributed by atoms with E-state index in [0.29, 0.717) is 12.8 Å². The predicted molar refractivity (Wildman–Crippen MR) is 335 cm³/mol. The van der Waals surface area contributed by atoms with Gasteiger partial charge in [-0.05, 0) is 38.5 Å². The second-order valence-electron chi connectivity index (χ2n) is 24.6. The topological polar surface area (TPSA) is 110 Å². The molecule has 0 saturated carbocycles. The number of rotatable bonds is 66. The first-order chi connectivity index (χ1) is 37.5. The lowest BCUT2D eigenvalue weighted by Gasteiger charge is -2.27. The normalized spacial score (nSPS) is 13.5. The van der Waals surface area contributed by atoms with Gasteiger partial charge in [0.2, 0.25) is 5.91 Å². The van der Waals surface area contributed by atoms with Crippen molar-refractivity contribution in [2.75, 3.05) is 6.61 Å². The molecule has 0 heterocycles. The van der Waals surface area contributed by atoms with Crippen molar-refractivity contribution < 1.29 is 25.2 Å². The van der Waals surface area contributed by atoms with Gasteiger partial charge in [-0.15, -0.1) is 0 Å². The van der Waals surface area contributed by atoms with Crippen molar-refractivity contribution >= 4 is 5.91 Å². The first-order valence-electron chi connectivity index (χ1n) is 35.1. The molecule has 0 aliphatic heterocycles. The van der Waals surface area contributed by atoms with Crippen molar-refractivity contribution in [3.05, 3.63) is 12.2 Å². The Morgan fingerprint density at radius 1 is 0.316 bits per heavy atom. The van der Waals surface area contributed by atoms with E-state index in [1.807, 2.05) is 0 Å². The molecule has 5 N–H and O–H groups in total. The molecule has 0 aromatic rings. The summed E-state index contributed by atoms with van der Waals surface area (Å²) in [5, 5.41) is 44.2. The fourth-order valence-electron chi connectivity index (χ4n) is 11.5. The fourth-order valence-corrected chi connectivity index (χ4v) is 11.5. The van der Waals surface area contributed by atoms with Gasteiger partial charge in [-0.3, -0.25) is 4.79 Å². The van der Waals surface area contributed by atoms with Crippen molar-refractivity contribution in [1.82, 2.24) is 5.32 Å². The smallest absolute Gasteiger partial charge is 0.249 e. The Hall–Kier alpha value is -0.950. The number of hydrogen-bond donors (Lipinski definition) is 5. The molecule has 0 aliphatic rings. The fraction of sp³-hybridized carbons (Fsp3) is 0.957. The van der Waals surface area contributed by atoms with Gasteiger partial charge in [-0.2, -0.15) is 0 Å². The number of carbonyl (C=O) groups excluding carboxylic acids is 1. The maximum absolute atomic E-state index is 12.7. The summed E-state index contributed by atoms with van der Waals surface area (Å²) < 4.78 is 0. The molecule has 0 spiro atoms. The molecule has 0 aromatic heterocycles. The minimum atomic E-state index is -1.28. The third-order valence-corrected chi connectivity index (χ3v) is 17.0. The van der Waals surface area contributed by atoms with E-state index in [1.54, 1.807) is 0 Å². The van der Waals surface area contributed by atoms with Crippen LogP contribution in [0.2, 0.25) is 0 Å². The third-order valence-electron chi connectivity index (χ3n) is 17.0. The lowest BCUT2D eigenvalue weighted by molar-refractivity contribution is -0.132. The van der Waals surface area contributed by atoms with Gasteiger partial charge in [0.05, 0.1) is 18.8 Å². The van der Waals surface area contributed by atoms with E-state index in [-0.39, 0.29) is 0 Å². The average molecular weight is 1070 g/mol. The molecule has 4 atom stereocenters. The van der Waals surface area contributed by atoms with E-state index in [9.17, 15) is 25.2 Å². The Balaban J connectivity index is 3.54. The van der Waals surface area contributed by atoms with Gasteiger partial charge in [0.15, 0.2) is 0 Å². The quantitative estimate of drug-likeness (QED) is 0.0308. The van der Waals surface area contributed by atoms with Crippen molar-refractivity contribution in [3.8, 4) is 0 Å². The van der Waals surface area contributed by atoms with Crippen LogP contribution in [-0.4, -0.2) is 57.3 Å². The monoisotopic (exact) mass is 1070 g/mol. The summed E-state index contributed by atoms with van der Waals surface area (Å²) in [7, 11) is 0. The number of amides is 1. The molecule has 0 radical (unpaired) electrons. The van der Waals surface area contributed by atoms with Crippen LogP contribution in [0.4, 0.5) is 0 Å². The van der Waals surface area contributed by atoms with E-state index in [4.69, 9.17) is 0 Å². The maximum Gasteiger partial charge on any atom is 0.249 e. The van der Waals surface area contributed by atoms with Crippen LogP contribution >= 0.6 is 0 Å². The van der Waals surface area contributed by atoms with Gasteiger partial charge >= 0.3 is 0 Å². The molecule has 0 aliphatic carbocycles. The highest BCUT2D eigenvalue weighted by molar-refractivity contribution is 5.80. The zero-order chi connectivity index (χ0) is 55.1. The molecule has 4 unspecified atom stereocenters. The second-order valence-corrected chi connectivity index (χ2v) is 24.6. The molecule has 454 valence electrons. The van der Waals surface area contributed by atoms with E-state index >= 15 is 0 Å². The summed E-state index contributed by atoms with van der Waals surface area (Å²) in [6, 6.07) is -1.00. The Kier molecular flexibility index (Phi) is 64.1. The highest BCUT2D eigenvalue weighted by atomic mass is 16.3. The molecule has 0 saturated heterocycles. The van der Waals surface area contributed by atoms with E-state index in [2.05, 4.69) is 31.3 Å². The third kappa shape index (κ3) is 57.7. The van der Waals surface area contributed by atoms with Crippen molar-refractivity contribution in [3.63, 3.8) is 0 Å². The van der Waals surface area contributed by atoms with Crippen molar-refractivity contribution in [2.45, 2.75) is 423 Å². The molecule has 1 amide bonds. The first-order valence-corrected chi connectivity index (χ1v) is 35.1. The SMILES string of the molecule is CCCCCCCCCCCCCCCCCCCCCCCCCCCCC/C=C/CCCC(O)C(O)C(CO)NC(=O)C(O)CCCCCCCCCCCCCCCCCCCCCCCCCCCCCC. The van der Waals surface area contributed by atoms with Crippen LogP contribution < -0.4 is 5.32 Å². The Labute approximate surface area is 476 Å². The number of hydrogen-bond acceptors (Lipinski definition) is 5. The van der Waals surface area contributed by atoms with Crippen LogP contribution in [0, 0.1) is 0 Å². The molecule has 76 heavy (non-hydrogen) atoms. The standard InChI is InChI=1S/C70H139NO5/c1-3-5-7-9-11-13-15-17-19-21-23-25-27-29-31-33-34-35-36-38-39-41-43-45-47-49-51-53-55-57-59-61-63-67(73)69(75)66(65-72)71-70(76)68(74)64-62-60-58-56-54-52-50-48-46-44-42-40-37-32-30-28-26-24-22-20-18-16-14-12-10-8-6-4-2/h55,57,66-69,72-75H,3-54,56,58-65H2,1-2H3,(H,71,76)/b57-55+. The van der Waals surface area contributed by atoms with E-state index in [0.717, 1.165) is 38.5 Å². The molecule has 0 rings (SSSR count). The maximum atomic E-state index is 12.7. The van der Waals surface area contributed by atoms with E-state index < -0.39 is 36.9 Å². The summed E-state index contributed by atoms with van der Waals surface area (Å²) in [6.07, 6.45) is 80.6. The summed E-state index contributed by atoms with van der Waals surface area (Å²) in [5.41, 5.74) is 0. The van der Waals surface area contributed by atoms with Gasteiger partial charge in [0.25, 0.3) is 0 Å². The molecule has 6 nitrogen and oxygen atoms in total. The number of nitrogens with one attached hydrogen (secondary N) is 1. The molecular weight excluding hydrogens is 935 g/mol. The van der Waals surface area contributed by atoms with Crippen LogP contribution in [-0.2, 0) is 4.79 Å². The highest BCUT2D eigenvalue weighted by Gasteiger charge is 2.28. The number of aliphatic hydroxyl groups is 4. The predicted octanol–water partition coefficient (Wildman–Crippen LogP) is 21.5. The average Bonchev–Trinajstić information content (AvgIpc) is 3.42. The number of aliphatic hydroxyl groups excluding tert-OH is 4.